The van der Waals surface area contributed by atoms with Gasteiger partial charge in [-0.05, 0) is 12.8 Å². The fourth-order valence-electron chi connectivity index (χ4n) is 3.22. The standard InChI is InChI=1S/C24H42O7/c1-5-9-11-13-21(15-19(25)17-29-23(27)7-3)31-22(14-12-10-6-2)16-20(26)18-30-24(28)8-4/h7-8,19-22,25-26H,3-6,9-18H2,1-2H3. The van der Waals surface area contributed by atoms with Crippen LogP contribution in [0.15, 0.2) is 25.3 Å². The van der Waals surface area contributed by atoms with Crippen LogP contribution in [0.2, 0.25) is 0 Å². The largest absolute Gasteiger partial charge is 0.460 e. The molecule has 0 aliphatic rings. The quantitative estimate of drug-likeness (QED) is 0.168. The molecule has 0 aromatic carbocycles. The number of carbonyl (C=O) groups excluding carboxylic acids is 2. The highest BCUT2D eigenvalue weighted by molar-refractivity contribution is 5.81. The summed E-state index contributed by atoms with van der Waals surface area (Å²) in [6, 6.07) is 0. The van der Waals surface area contributed by atoms with Gasteiger partial charge in [0.05, 0.1) is 24.4 Å². The van der Waals surface area contributed by atoms with Crippen molar-refractivity contribution in [1.82, 2.24) is 0 Å². The van der Waals surface area contributed by atoms with E-state index in [-0.39, 0.29) is 25.4 Å². The van der Waals surface area contributed by atoms with Gasteiger partial charge in [-0.2, -0.15) is 0 Å². The van der Waals surface area contributed by atoms with Crippen LogP contribution in [0.25, 0.3) is 0 Å². The van der Waals surface area contributed by atoms with Crippen LogP contribution < -0.4 is 0 Å². The van der Waals surface area contributed by atoms with Crippen LogP contribution in [0, 0.1) is 0 Å². The number of aliphatic hydroxyl groups excluding tert-OH is 2. The maximum atomic E-state index is 11.2. The summed E-state index contributed by atoms with van der Waals surface area (Å²) in [7, 11) is 0. The highest BCUT2D eigenvalue weighted by atomic mass is 16.5. The Bertz CT molecular complexity index is 462. The second-order valence-electron chi connectivity index (χ2n) is 7.82. The Morgan fingerprint density at radius 3 is 1.48 bits per heavy atom. The van der Waals surface area contributed by atoms with E-state index in [9.17, 15) is 19.8 Å². The molecule has 0 aliphatic heterocycles. The topological polar surface area (TPSA) is 102 Å². The van der Waals surface area contributed by atoms with Gasteiger partial charge >= 0.3 is 11.9 Å². The first-order chi connectivity index (χ1) is 14.9. The SMILES string of the molecule is C=CC(=O)OCC(O)CC(CCCCC)OC(CCCCC)CC(O)COC(=O)C=C. The molecule has 31 heavy (non-hydrogen) atoms. The zero-order chi connectivity index (χ0) is 23.5. The van der Waals surface area contributed by atoms with E-state index < -0.39 is 24.1 Å². The van der Waals surface area contributed by atoms with Crippen molar-refractivity contribution in [3.05, 3.63) is 25.3 Å². The smallest absolute Gasteiger partial charge is 0.330 e. The van der Waals surface area contributed by atoms with E-state index in [1.807, 2.05) is 0 Å². The maximum Gasteiger partial charge on any atom is 0.330 e. The molecule has 0 rings (SSSR count). The van der Waals surface area contributed by atoms with Crippen molar-refractivity contribution in [3.8, 4) is 0 Å². The lowest BCUT2D eigenvalue weighted by molar-refractivity contribution is -0.142. The minimum atomic E-state index is -0.842. The molecule has 4 atom stereocenters. The van der Waals surface area contributed by atoms with Gasteiger partial charge in [0.2, 0.25) is 0 Å². The minimum Gasteiger partial charge on any atom is -0.460 e. The highest BCUT2D eigenvalue weighted by Gasteiger charge is 2.23. The summed E-state index contributed by atoms with van der Waals surface area (Å²) < 4.78 is 16.2. The summed E-state index contributed by atoms with van der Waals surface area (Å²) in [4.78, 5) is 22.5. The first-order valence-corrected chi connectivity index (χ1v) is 11.5. The lowest BCUT2D eigenvalue weighted by Gasteiger charge is -2.28. The number of carbonyl (C=O) groups is 2. The molecule has 0 saturated heterocycles. The van der Waals surface area contributed by atoms with Crippen molar-refractivity contribution in [2.45, 2.75) is 102 Å². The van der Waals surface area contributed by atoms with Crippen LogP contribution >= 0.6 is 0 Å². The van der Waals surface area contributed by atoms with Crippen LogP contribution in [0.4, 0.5) is 0 Å². The van der Waals surface area contributed by atoms with Gasteiger partial charge in [0, 0.05) is 25.0 Å². The Balaban J connectivity index is 4.94. The van der Waals surface area contributed by atoms with Crippen LogP contribution in [0.5, 0.6) is 0 Å². The molecule has 7 heteroatoms. The average molecular weight is 443 g/mol. The maximum absolute atomic E-state index is 11.2. The second-order valence-corrected chi connectivity index (χ2v) is 7.82. The van der Waals surface area contributed by atoms with Crippen LogP contribution in [-0.4, -0.2) is 59.8 Å². The summed E-state index contributed by atoms with van der Waals surface area (Å²) in [5.74, 6) is -1.14. The molecule has 180 valence electrons. The lowest BCUT2D eigenvalue weighted by atomic mass is 10.0. The molecular weight excluding hydrogens is 400 g/mol. The third-order valence-electron chi connectivity index (χ3n) is 4.88. The Morgan fingerprint density at radius 1 is 0.774 bits per heavy atom. The molecule has 0 radical (unpaired) electrons. The van der Waals surface area contributed by atoms with Crippen molar-refractivity contribution in [3.63, 3.8) is 0 Å². The predicted octanol–water partition coefficient (Wildman–Crippen LogP) is 3.86. The van der Waals surface area contributed by atoms with Crippen molar-refractivity contribution in [1.29, 1.82) is 0 Å². The van der Waals surface area contributed by atoms with Gasteiger partial charge in [-0.15, -0.1) is 0 Å². The fourth-order valence-corrected chi connectivity index (χ4v) is 3.22. The number of esters is 2. The number of aliphatic hydroxyl groups is 2. The Labute approximate surface area is 187 Å². The van der Waals surface area contributed by atoms with E-state index in [0.717, 1.165) is 63.5 Å². The van der Waals surface area contributed by atoms with E-state index in [1.165, 1.54) is 0 Å². The van der Waals surface area contributed by atoms with E-state index >= 15 is 0 Å². The summed E-state index contributed by atoms with van der Waals surface area (Å²) in [5, 5.41) is 20.6. The van der Waals surface area contributed by atoms with E-state index in [4.69, 9.17) is 14.2 Å². The van der Waals surface area contributed by atoms with E-state index in [2.05, 4.69) is 27.0 Å². The number of unbranched alkanes of at least 4 members (excludes halogenated alkanes) is 4. The molecule has 0 bridgehead atoms. The molecular formula is C24H42O7. The number of hydrogen-bond acceptors (Lipinski definition) is 7. The Hall–Kier alpha value is -1.70. The van der Waals surface area contributed by atoms with Gasteiger partial charge in [-0.1, -0.05) is 65.5 Å². The normalized spacial score (nSPS) is 14.8. The monoisotopic (exact) mass is 442 g/mol. The molecule has 0 heterocycles. The fraction of sp³-hybridized carbons (Fsp3) is 0.750. The average Bonchev–Trinajstić information content (AvgIpc) is 2.75. The van der Waals surface area contributed by atoms with Gasteiger partial charge in [0.25, 0.3) is 0 Å². The zero-order valence-corrected chi connectivity index (χ0v) is 19.3. The van der Waals surface area contributed by atoms with Crippen LogP contribution in [-0.2, 0) is 23.8 Å². The molecule has 0 aromatic heterocycles. The van der Waals surface area contributed by atoms with Crippen molar-refractivity contribution < 1.29 is 34.0 Å². The highest BCUT2D eigenvalue weighted by Crippen LogP contribution is 2.21. The zero-order valence-electron chi connectivity index (χ0n) is 19.3. The van der Waals surface area contributed by atoms with Crippen molar-refractivity contribution in [2.75, 3.05) is 13.2 Å². The summed E-state index contributed by atoms with van der Waals surface area (Å²) >= 11 is 0. The van der Waals surface area contributed by atoms with Gasteiger partial charge < -0.3 is 24.4 Å². The van der Waals surface area contributed by atoms with Crippen LogP contribution in [0.3, 0.4) is 0 Å². The predicted molar refractivity (Wildman–Crippen MR) is 121 cm³/mol. The molecule has 0 aliphatic carbocycles. The van der Waals surface area contributed by atoms with Gasteiger partial charge in [-0.3, -0.25) is 0 Å². The third kappa shape index (κ3) is 16.6. The first-order valence-electron chi connectivity index (χ1n) is 11.5. The molecule has 0 fully saturated rings. The molecule has 0 aromatic rings. The molecule has 0 spiro atoms. The third-order valence-corrected chi connectivity index (χ3v) is 4.88. The van der Waals surface area contributed by atoms with E-state index in [0.29, 0.717) is 12.8 Å². The number of ether oxygens (including phenoxy) is 3. The molecule has 4 unspecified atom stereocenters. The Kier molecular flexibility index (Phi) is 18.0. The summed E-state index contributed by atoms with van der Waals surface area (Å²) in [6.45, 7) is 10.7. The minimum absolute atomic E-state index is 0.112. The molecule has 2 N–H and O–H groups in total. The first kappa shape index (κ1) is 29.3. The Morgan fingerprint density at radius 2 is 1.16 bits per heavy atom. The summed E-state index contributed by atoms with van der Waals surface area (Å²) in [6.07, 6.45) is 8.37. The van der Waals surface area contributed by atoms with Crippen molar-refractivity contribution in [2.24, 2.45) is 0 Å². The molecule has 0 amide bonds. The van der Waals surface area contributed by atoms with Gasteiger partial charge in [-0.25, -0.2) is 9.59 Å². The number of rotatable bonds is 20. The second kappa shape index (κ2) is 19.0. The van der Waals surface area contributed by atoms with Gasteiger partial charge in [0.15, 0.2) is 0 Å². The number of hydrogen-bond donors (Lipinski definition) is 2. The van der Waals surface area contributed by atoms with Crippen molar-refractivity contribution >= 4 is 11.9 Å². The summed E-state index contributed by atoms with van der Waals surface area (Å²) in [5.41, 5.74) is 0. The van der Waals surface area contributed by atoms with Gasteiger partial charge in [0.1, 0.15) is 13.2 Å². The van der Waals surface area contributed by atoms with Crippen LogP contribution in [0.1, 0.15) is 78.1 Å². The lowest BCUT2D eigenvalue weighted by Crippen LogP contribution is -2.32. The molecule has 7 nitrogen and oxygen atoms in total. The van der Waals surface area contributed by atoms with E-state index in [1.54, 1.807) is 0 Å². The molecule has 0 saturated carbocycles.